The van der Waals surface area contributed by atoms with Gasteiger partial charge in [0.25, 0.3) is 11.8 Å². The van der Waals surface area contributed by atoms with Crippen molar-refractivity contribution in [2.45, 2.75) is 44.4 Å². The molecule has 2 fully saturated rings. The molecule has 4 heterocycles. The molecule has 1 aromatic carbocycles. The molecule has 5 rings (SSSR count). The second kappa shape index (κ2) is 8.15. The highest BCUT2D eigenvalue weighted by molar-refractivity contribution is 6.24. The second-order valence-corrected chi connectivity index (χ2v) is 8.09. The predicted octanol–water partition coefficient (Wildman–Crippen LogP) is 0.183. The third kappa shape index (κ3) is 3.54. The van der Waals surface area contributed by atoms with Gasteiger partial charge in [0.15, 0.2) is 0 Å². The summed E-state index contributed by atoms with van der Waals surface area (Å²) in [6.45, 7) is 1.96. The molecule has 1 unspecified atom stereocenters. The Labute approximate surface area is 183 Å². The van der Waals surface area contributed by atoms with Gasteiger partial charge in [-0.25, -0.2) is 4.68 Å². The van der Waals surface area contributed by atoms with Gasteiger partial charge in [0.1, 0.15) is 24.1 Å². The molecule has 1 aromatic heterocycles. The number of amides is 4. The Hall–Kier alpha value is -3.60. The standard InChI is InChI=1S/C21H22N6O5/c28-17-5-4-15(19(29)23-17)27-20(30)14-2-1-3-16(18(14)21(27)31)32-11-12-10-26(25-24-12)13-6-8-22-9-7-13/h1-3,10,13,15,22H,4-9,11H2,(H,23,28,29). The minimum absolute atomic E-state index is 0.0693. The molecule has 2 aromatic rings. The number of carbonyl (C=O) groups is 4. The Kier molecular flexibility index (Phi) is 5.17. The molecule has 3 aliphatic rings. The van der Waals surface area contributed by atoms with Crippen LogP contribution in [0.25, 0.3) is 0 Å². The zero-order chi connectivity index (χ0) is 22.2. The average molecular weight is 438 g/mol. The summed E-state index contributed by atoms with van der Waals surface area (Å²) < 4.78 is 7.69. The SMILES string of the molecule is O=C1CCC(N2C(=O)c3cccc(OCc4cn(C5CCNCC5)nn4)c3C2=O)C(=O)N1. The molecular formula is C21H22N6O5. The lowest BCUT2D eigenvalue weighted by atomic mass is 10.0. The Morgan fingerprint density at radius 3 is 2.66 bits per heavy atom. The van der Waals surface area contributed by atoms with Crippen LogP contribution in [0.2, 0.25) is 0 Å². The summed E-state index contributed by atoms with van der Waals surface area (Å²) in [5.74, 6) is -1.99. The fraction of sp³-hybridized carbons (Fsp3) is 0.429. The molecule has 1 atom stereocenters. The predicted molar refractivity (Wildman–Crippen MR) is 109 cm³/mol. The number of hydrogen-bond acceptors (Lipinski definition) is 8. The zero-order valence-corrected chi connectivity index (χ0v) is 17.2. The lowest BCUT2D eigenvalue weighted by Crippen LogP contribution is -2.54. The topological polar surface area (TPSA) is 136 Å². The molecule has 32 heavy (non-hydrogen) atoms. The summed E-state index contributed by atoms with van der Waals surface area (Å²) in [6, 6.07) is 4.04. The number of carbonyl (C=O) groups excluding carboxylic acids is 4. The first-order valence-electron chi connectivity index (χ1n) is 10.6. The molecule has 2 saturated heterocycles. The van der Waals surface area contributed by atoms with Crippen molar-refractivity contribution in [2.75, 3.05) is 13.1 Å². The minimum Gasteiger partial charge on any atom is -0.486 e. The molecule has 11 nitrogen and oxygen atoms in total. The molecule has 0 bridgehead atoms. The van der Waals surface area contributed by atoms with E-state index in [0.29, 0.717) is 11.7 Å². The largest absolute Gasteiger partial charge is 0.486 e. The van der Waals surface area contributed by atoms with Gasteiger partial charge in [-0.3, -0.25) is 29.4 Å². The molecule has 166 valence electrons. The number of nitrogens with one attached hydrogen (secondary N) is 2. The van der Waals surface area contributed by atoms with E-state index in [1.165, 1.54) is 6.07 Å². The first-order valence-corrected chi connectivity index (χ1v) is 10.6. The molecule has 0 radical (unpaired) electrons. The van der Waals surface area contributed by atoms with E-state index in [9.17, 15) is 19.2 Å². The van der Waals surface area contributed by atoms with Crippen LogP contribution in [0.1, 0.15) is 58.1 Å². The van der Waals surface area contributed by atoms with Crippen molar-refractivity contribution in [1.82, 2.24) is 30.5 Å². The number of ether oxygens (including phenoxy) is 1. The van der Waals surface area contributed by atoms with Gasteiger partial charge in [-0.15, -0.1) is 5.10 Å². The monoisotopic (exact) mass is 438 g/mol. The smallest absolute Gasteiger partial charge is 0.266 e. The molecule has 2 N–H and O–H groups in total. The van der Waals surface area contributed by atoms with Crippen molar-refractivity contribution in [3.05, 3.63) is 41.2 Å². The van der Waals surface area contributed by atoms with E-state index in [-0.39, 0.29) is 36.3 Å². The number of nitrogens with zero attached hydrogens (tertiary/aromatic N) is 4. The van der Waals surface area contributed by atoms with Crippen molar-refractivity contribution in [2.24, 2.45) is 0 Å². The fourth-order valence-corrected chi connectivity index (χ4v) is 4.39. The maximum Gasteiger partial charge on any atom is 0.266 e. The molecule has 11 heteroatoms. The van der Waals surface area contributed by atoms with Crippen LogP contribution in [0.5, 0.6) is 5.75 Å². The summed E-state index contributed by atoms with van der Waals surface area (Å²) in [5, 5.41) is 13.9. The molecule has 3 aliphatic heterocycles. The summed E-state index contributed by atoms with van der Waals surface area (Å²) in [5.41, 5.74) is 0.906. The Morgan fingerprint density at radius 1 is 1.06 bits per heavy atom. The van der Waals surface area contributed by atoms with Crippen LogP contribution >= 0.6 is 0 Å². The van der Waals surface area contributed by atoms with Gasteiger partial charge in [-0.1, -0.05) is 11.3 Å². The number of piperidine rings is 2. The van der Waals surface area contributed by atoms with Gasteiger partial charge in [0.05, 0.1) is 23.4 Å². The van der Waals surface area contributed by atoms with Crippen LogP contribution in [0, 0.1) is 0 Å². The average Bonchev–Trinajstić information content (AvgIpc) is 3.37. The highest BCUT2D eigenvalue weighted by Gasteiger charge is 2.46. The number of benzene rings is 1. The molecule has 0 saturated carbocycles. The van der Waals surface area contributed by atoms with Crippen LogP contribution in [0.15, 0.2) is 24.4 Å². The number of fused-ring (bicyclic) bond motifs is 1. The first-order chi connectivity index (χ1) is 15.5. The lowest BCUT2D eigenvalue weighted by Gasteiger charge is -2.27. The summed E-state index contributed by atoms with van der Waals surface area (Å²) in [4.78, 5) is 50.6. The van der Waals surface area contributed by atoms with E-state index in [1.54, 1.807) is 12.1 Å². The van der Waals surface area contributed by atoms with E-state index in [2.05, 4.69) is 20.9 Å². The maximum absolute atomic E-state index is 13.1. The van der Waals surface area contributed by atoms with Crippen molar-refractivity contribution < 1.29 is 23.9 Å². The third-order valence-electron chi connectivity index (χ3n) is 6.05. The zero-order valence-electron chi connectivity index (χ0n) is 17.2. The lowest BCUT2D eigenvalue weighted by molar-refractivity contribution is -0.136. The summed E-state index contributed by atoms with van der Waals surface area (Å²) in [6.07, 6.45) is 3.96. The molecule has 0 aliphatic carbocycles. The summed E-state index contributed by atoms with van der Waals surface area (Å²) >= 11 is 0. The highest BCUT2D eigenvalue weighted by atomic mass is 16.5. The normalized spacial score (nSPS) is 21.6. The van der Waals surface area contributed by atoms with Crippen LogP contribution in [0.4, 0.5) is 0 Å². The number of imide groups is 2. The Balaban J connectivity index is 1.33. The van der Waals surface area contributed by atoms with Gasteiger partial charge in [-0.2, -0.15) is 0 Å². The van der Waals surface area contributed by atoms with E-state index < -0.39 is 29.7 Å². The fourth-order valence-electron chi connectivity index (χ4n) is 4.39. The van der Waals surface area contributed by atoms with Crippen LogP contribution in [0.3, 0.4) is 0 Å². The number of hydrogen-bond donors (Lipinski definition) is 2. The molecular weight excluding hydrogens is 416 g/mol. The van der Waals surface area contributed by atoms with Crippen molar-refractivity contribution >= 4 is 23.6 Å². The van der Waals surface area contributed by atoms with Crippen LogP contribution in [-0.2, 0) is 16.2 Å². The Morgan fingerprint density at radius 2 is 1.88 bits per heavy atom. The van der Waals surface area contributed by atoms with Gasteiger partial charge >= 0.3 is 0 Å². The van der Waals surface area contributed by atoms with Crippen molar-refractivity contribution in [3.8, 4) is 5.75 Å². The van der Waals surface area contributed by atoms with E-state index in [4.69, 9.17) is 4.74 Å². The van der Waals surface area contributed by atoms with Crippen LogP contribution in [-0.4, -0.2) is 62.7 Å². The van der Waals surface area contributed by atoms with Gasteiger partial charge in [0, 0.05) is 6.42 Å². The summed E-state index contributed by atoms with van der Waals surface area (Å²) in [7, 11) is 0. The Bertz CT molecular complexity index is 1110. The van der Waals surface area contributed by atoms with Crippen molar-refractivity contribution in [3.63, 3.8) is 0 Å². The van der Waals surface area contributed by atoms with E-state index in [1.807, 2.05) is 10.9 Å². The van der Waals surface area contributed by atoms with E-state index in [0.717, 1.165) is 30.8 Å². The number of aromatic nitrogens is 3. The van der Waals surface area contributed by atoms with Crippen LogP contribution < -0.4 is 15.4 Å². The highest BCUT2D eigenvalue weighted by Crippen LogP contribution is 2.34. The van der Waals surface area contributed by atoms with Crippen molar-refractivity contribution in [1.29, 1.82) is 0 Å². The minimum atomic E-state index is -1.02. The third-order valence-corrected chi connectivity index (χ3v) is 6.05. The van der Waals surface area contributed by atoms with E-state index >= 15 is 0 Å². The van der Waals surface area contributed by atoms with Gasteiger partial charge < -0.3 is 10.1 Å². The van der Waals surface area contributed by atoms with Gasteiger partial charge in [-0.05, 0) is 44.5 Å². The maximum atomic E-state index is 13.1. The second-order valence-electron chi connectivity index (χ2n) is 8.09. The molecule has 4 amide bonds. The quantitative estimate of drug-likeness (QED) is 0.632. The van der Waals surface area contributed by atoms with Gasteiger partial charge in [0.2, 0.25) is 11.8 Å². The molecule has 0 spiro atoms. The number of rotatable bonds is 5. The first kappa shape index (κ1) is 20.3.